The van der Waals surface area contributed by atoms with E-state index in [1.54, 1.807) is 11.3 Å². The van der Waals surface area contributed by atoms with E-state index in [4.69, 9.17) is 10.5 Å². The molecule has 0 saturated carbocycles. The first-order valence-corrected chi connectivity index (χ1v) is 9.50. The van der Waals surface area contributed by atoms with Gasteiger partial charge in [-0.25, -0.2) is 0 Å². The quantitative estimate of drug-likeness (QED) is 0.809. The number of nitriles is 2. The molecule has 0 spiro atoms. The highest BCUT2D eigenvalue weighted by Gasteiger charge is 1.95. The second-order valence-corrected chi connectivity index (χ2v) is 7.77. The molecule has 0 radical (unpaired) electrons. The molecule has 2 aromatic rings. The lowest BCUT2D eigenvalue weighted by Crippen LogP contribution is -2.03. The van der Waals surface area contributed by atoms with E-state index in [0.717, 1.165) is 9.06 Å². The molecule has 0 amide bonds. The third-order valence-corrected chi connectivity index (χ3v) is 5.68. The van der Waals surface area contributed by atoms with Crippen LogP contribution in [0.4, 0.5) is 0 Å². The van der Waals surface area contributed by atoms with Gasteiger partial charge in [0.1, 0.15) is 17.7 Å². The summed E-state index contributed by atoms with van der Waals surface area (Å²) in [5, 5.41) is 17.8. The Labute approximate surface area is 159 Å². The minimum absolute atomic E-state index is 0.160. The molecular weight excluding hydrogens is 358 g/mol. The van der Waals surface area contributed by atoms with Crippen LogP contribution in [0.5, 0.6) is 0 Å². The molecular formula is C21H15N3S2. The minimum Gasteiger partial charge on any atom is -0.357 e. The summed E-state index contributed by atoms with van der Waals surface area (Å²) in [6.45, 7) is 0. The smallest absolute Gasteiger partial charge is 0.146 e. The molecule has 3 rings (SSSR count). The molecule has 0 aromatic carbocycles. The maximum absolute atomic E-state index is 8.92. The number of thiophene rings is 2. The molecule has 0 N–H and O–H groups in total. The van der Waals surface area contributed by atoms with E-state index in [0.29, 0.717) is 4.53 Å². The average Bonchev–Trinajstić information content (AvgIpc) is 3.30. The second kappa shape index (κ2) is 8.31. The fraction of sp³-hybridized carbons (Fsp3) is 0.0476. The monoisotopic (exact) mass is 373 g/mol. The van der Waals surface area contributed by atoms with Crippen LogP contribution in [0.15, 0.2) is 60.5 Å². The highest BCUT2D eigenvalue weighted by molar-refractivity contribution is 7.08. The van der Waals surface area contributed by atoms with Gasteiger partial charge in [0, 0.05) is 33.0 Å². The normalized spacial score (nSPS) is 15.3. The number of rotatable bonds is 2. The van der Waals surface area contributed by atoms with Gasteiger partial charge in [-0.05, 0) is 60.2 Å². The Morgan fingerprint density at radius 3 is 2.00 bits per heavy atom. The Morgan fingerprint density at radius 1 is 0.846 bits per heavy atom. The van der Waals surface area contributed by atoms with Crippen molar-refractivity contribution in [1.82, 2.24) is 4.90 Å². The lowest BCUT2D eigenvalue weighted by molar-refractivity contribution is 0.620. The summed E-state index contributed by atoms with van der Waals surface area (Å²) in [5.41, 5.74) is 1.33. The summed E-state index contributed by atoms with van der Waals surface area (Å²) in [6, 6.07) is 11.8. The number of hydrogen-bond donors (Lipinski definition) is 0. The van der Waals surface area contributed by atoms with Crippen LogP contribution in [-0.2, 0) is 0 Å². The summed E-state index contributed by atoms with van der Waals surface area (Å²) >= 11 is 3.16. The molecule has 0 bridgehead atoms. The fourth-order valence-corrected chi connectivity index (χ4v) is 3.90. The number of nitrogens with zero attached hydrogens (tertiary/aromatic N) is 3. The van der Waals surface area contributed by atoms with Gasteiger partial charge in [-0.15, -0.1) is 22.7 Å². The third kappa shape index (κ3) is 4.49. The zero-order chi connectivity index (χ0) is 18.4. The first-order chi connectivity index (χ1) is 12.7. The molecule has 0 unspecified atom stereocenters. The highest BCUT2D eigenvalue weighted by atomic mass is 32.1. The van der Waals surface area contributed by atoms with E-state index in [9.17, 15) is 0 Å². The van der Waals surface area contributed by atoms with Crippen LogP contribution in [0.25, 0.3) is 23.8 Å². The van der Waals surface area contributed by atoms with Gasteiger partial charge in [0.25, 0.3) is 0 Å². The Hall–Kier alpha value is -3.12. The van der Waals surface area contributed by atoms with Crippen molar-refractivity contribution < 1.29 is 0 Å². The van der Waals surface area contributed by atoms with Crippen LogP contribution in [0, 0.1) is 22.7 Å². The first-order valence-electron chi connectivity index (χ1n) is 7.86. The largest absolute Gasteiger partial charge is 0.357 e. The Balaban J connectivity index is 1.86. The highest BCUT2D eigenvalue weighted by Crippen LogP contribution is 2.07. The van der Waals surface area contributed by atoms with E-state index in [1.165, 1.54) is 21.4 Å². The van der Waals surface area contributed by atoms with Crippen molar-refractivity contribution in [3.05, 3.63) is 78.6 Å². The van der Waals surface area contributed by atoms with Gasteiger partial charge in [-0.2, -0.15) is 10.5 Å². The predicted octanol–water partition coefficient (Wildman–Crippen LogP) is 1.95. The van der Waals surface area contributed by atoms with Gasteiger partial charge in [0.2, 0.25) is 0 Å². The van der Waals surface area contributed by atoms with Crippen molar-refractivity contribution in [1.29, 1.82) is 10.5 Å². The molecule has 126 valence electrons. The predicted molar refractivity (Wildman–Crippen MR) is 109 cm³/mol. The van der Waals surface area contributed by atoms with Crippen molar-refractivity contribution in [2.75, 3.05) is 7.05 Å². The van der Waals surface area contributed by atoms with E-state index >= 15 is 0 Å². The van der Waals surface area contributed by atoms with Crippen LogP contribution in [-0.4, -0.2) is 11.9 Å². The van der Waals surface area contributed by atoms with Gasteiger partial charge in [-0.1, -0.05) is 6.08 Å². The number of hydrogen-bond acceptors (Lipinski definition) is 5. The Morgan fingerprint density at radius 2 is 1.38 bits per heavy atom. The SMILES string of the molecule is CN1C=CC(=C/C=c2/cc/c(=C/C=c3/ccc(=C(C#N)C#N)s3)s2)C=C1. The molecule has 26 heavy (non-hydrogen) atoms. The minimum atomic E-state index is 0.160. The lowest BCUT2D eigenvalue weighted by Gasteiger charge is -2.11. The van der Waals surface area contributed by atoms with E-state index < -0.39 is 0 Å². The third-order valence-electron chi connectivity index (χ3n) is 3.60. The zero-order valence-corrected chi connectivity index (χ0v) is 15.7. The number of allylic oxidation sites excluding steroid dienone is 4. The molecule has 1 aliphatic rings. The van der Waals surface area contributed by atoms with Crippen LogP contribution in [0.3, 0.4) is 0 Å². The molecule has 3 nitrogen and oxygen atoms in total. The maximum Gasteiger partial charge on any atom is 0.146 e. The zero-order valence-electron chi connectivity index (χ0n) is 14.1. The first kappa shape index (κ1) is 17.7. The summed E-state index contributed by atoms with van der Waals surface area (Å²) < 4.78 is 4.07. The second-order valence-electron chi connectivity index (χ2n) is 5.50. The van der Waals surface area contributed by atoms with E-state index in [-0.39, 0.29) is 5.57 Å². The average molecular weight is 374 g/mol. The van der Waals surface area contributed by atoms with Gasteiger partial charge < -0.3 is 4.90 Å². The van der Waals surface area contributed by atoms with Gasteiger partial charge in [-0.3, -0.25) is 0 Å². The van der Waals surface area contributed by atoms with Crippen molar-refractivity contribution in [2.24, 2.45) is 0 Å². The molecule has 3 heterocycles. The van der Waals surface area contributed by atoms with Gasteiger partial charge in [0.15, 0.2) is 0 Å². The van der Waals surface area contributed by atoms with Crippen molar-refractivity contribution in [3.8, 4) is 12.1 Å². The van der Waals surface area contributed by atoms with Crippen molar-refractivity contribution in [2.45, 2.75) is 0 Å². The van der Waals surface area contributed by atoms with Gasteiger partial charge in [0.05, 0.1) is 4.53 Å². The van der Waals surface area contributed by atoms with Crippen molar-refractivity contribution >= 4 is 46.5 Å². The van der Waals surface area contributed by atoms with E-state index in [1.807, 2.05) is 54.7 Å². The van der Waals surface area contributed by atoms with Crippen LogP contribution >= 0.6 is 22.7 Å². The van der Waals surface area contributed by atoms with Crippen molar-refractivity contribution in [3.63, 3.8) is 0 Å². The standard InChI is InChI=1S/C21H15N3S2/c1-24-12-10-16(11-13-24)2-3-18-4-5-19(25-18)6-7-20-8-9-21(26-20)17(14-22)15-23/h2-13H,1H3/b18-3-,19-6-,20-7-. The van der Waals surface area contributed by atoms with Crippen LogP contribution < -0.4 is 18.1 Å². The molecule has 2 aromatic heterocycles. The van der Waals surface area contributed by atoms with E-state index in [2.05, 4.69) is 42.5 Å². The van der Waals surface area contributed by atoms with Crippen LogP contribution in [0.2, 0.25) is 0 Å². The summed E-state index contributed by atoms with van der Waals surface area (Å²) in [4.78, 5) is 2.01. The molecule has 5 heteroatoms. The molecule has 0 saturated heterocycles. The summed E-state index contributed by atoms with van der Waals surface area (Å²) in [5.74, 6) is 0. The molecule has 0 atom stereocenters. The van der Waals surface area contributed by atoms with Gasteiger partial charge >= 0.3 is 0 Å². The molecule has 1 aliphatic heterocycles. The topological polar surface area (TPSA) is 50.8 Å². The lowest BCUT2D eigenvalue weighted by atomic mass is 10.2. The Bertz CT molecular complexity index is 1190. The molecule has 0 fully saturated rings. The fourth-order valence-electron chi connectivity index (χ4n) is 2.23. The maximum atomic E-state index is 8.92. The van der Waals surface area contributed by atoms with Crippen LogP contribution in [0.1, 0.15) is 0 Å². The summed E-state index contributed by atoms with van der Waals surface area (Å²) in [7, 11) is 2.00. The molecule has 0 aliphatic carbocycles. The Kier molecular flexibility index (Phi) is 5.66. The summed E-state index contributed by atoms with van der Waals surface area (Å²) in [6.07, 6.45) is 16.5.